The SMILES string of the molecule is CN(C)CCN(C(=O)Nc1ccc(F)c(Cl)c1)[C@H]1CC[C@](O)(c2cccc(C#N)c2)CC1. The van der Waals surface area contributed by atoms with Crippen molar-refractivity contribution in [3.8, 4) is 6.07 Å². The number of likely N-dealkylation sites (N-methyl/N-ethyl adjacent to an activating group) is 1. The van der Waals surface area contributed by atoms with Crippen LogP contribution in [-0.4, -0.2) is 54.2 Å². The number of nitriles is 1. The molecule has 2 aromatic carbocycles. The molecule has 2 aromatic rings. The standard InChI is InChI=1S/C24H28ClFN4O2/c1-29(2)12-13-30(23(31)28-19-6-7-22(26)21(25)15-19)20-8-10-24(32,11-9-20)18-5-3-4-17(14-18)16-27/h3-7,14-15,20,32H,8-13H2,1-2H3,(H,28,31)/t20-,24+. The number of nitrogens with one attached hydrogen (secondary N) is 1. The number of nitrogens with zero attached hydrogens (tertiary/aromatic N) is 3. The Balaban J connectivity index is 1.72. The zero-order chi connectivity index (χ0) is 23.3. The highest BCUT2D eigenvalue weighted by atomic mass is 35.5. The van der Waals surface area contributed by atoms with E-state index in [1.807, 2.05) is 25.1 Å². The highest BCUT2D eigenvalue weighted by Crippen LogP contribution is 2.39. The van der Waals surface area contributed by atoms with Gasteiger partial charge in [0.25, 0.3) is 0 Å². The van der Waals surface area contributed by atoms with E-state index in [-0.39, 0.29) is 17.1 Å². The smallest absolute Gasteiger partial charge is 0.322 e. The Hall–Kier alpha value is -2.66. The maximum atomic E-state index is 13.5. The maximum Gasteiger partial charge on any atom is 0.322 e. The summed E-state index contributed by atoms with van der Waals surface area (Å²) in [5, 5.41) is 23.2. The number of carbonyl (C=O) groups is 1. The number of aliphatic hydroxyl groups is 1. The van der Waals surface area contributed by atoms with E-state index in [9.17, 15) is 14.3 Å². The topological polar surface area (TPSA) is 79.6 Å². The average Bonchev–Trinajstić information content (AvgIpc) is 2.77. The lowest BCUT2D eigenvalue weighted by Gasteiger charge is -2.41. The minimum Gasteiger partial charge on any atom is -0.385 e. The normalized spacial score (nSPS) is 20.6. The molecule has 170 valence electrons. The van der Waals surface area contributed by atoms with Crippen molar-refractivity contribution in [3.05, 3.63) is 64.4 Å². The van der Waals surface area contributed by atoms with Crippen LogP contribution in [-0.2, 0) is 5.60 Å². The minimum atomic E-state index is -1.02. The molecule has 1 saturated carbocycles. The molecular formula is C24H28ClFN4O2. The van der Waals surface area contributed by atoms with Crippen molar-refractivity contribution >= 4 is 23.3 Å². The first-order chi connectivity index (χ1) is 15.2. The molecule has 0 saturated heterocycles. The second-order valence-electron chi connectivity index (χ2n) is 8.51. The Morgan fingerprint density at radius 1 is 1.25 bits per heavy atom. The molecular weight excluding hydrogens is 431 g/mol. The minimum absolute atomic E-state index is 0.0507. The Kier molecular flexibility index (Phi) is 7.73. The van der Waals surface area contributed by atoms with Gasteiger partial charge in [0.1, 0.15) is 5.82 Å². The maximum absolute atomic E-state index is 13.5. The van der Waals surface area contributed by atoms with E-state index in [0.717, 1.165) is 5.56 Å². The van der Waals surface area contributed by atoms with Crippen LogP contribution in [0.2, 0.25) is 5.02 Å². The number of rotatable bonds is 6. The molecule has 2 amide bonds. The first kappa shape index (κ1) is 24.0. The van der Waals surface area contributed by atoms with Crippen LogP contribution < -0.4 is 5.32 Å². The molecule has 0 bridgehead atoms. The van der Waals surface area contributed by atoms with Crippen molar-refractivity contribution in [3.63, 3.8) is 0 Å². The fourth-order valence-electron chi connectivity index (χ4n) is 4.09. The summed E-state index contributed by atoms with van der Waals surface area (Å²) < 4.78 is 13.5. The molecule has 0 spiro atoms. The summed E-state index contributed by atoms with van der Waals surface area (Å²) in [6, 6.07) is 12.9. The molecule has 0 radical (unpaired) electrons. The first-order valence-corrected chi connectivity index (χ1v) is 11.0. The zero-order valence-electron chi connectivity index (χ0n) is 18.3. The summed E-state index contributed by atoms with van der Waals surface area (Å²) in [4.78, 5) is 16.9. The highest BCUT2D eigenvalue weighted by Gasteiger charge is 2.38. The Bertz CT molecular complexity index is 1000. The van der Waals surface area contributed by atoms with Crippen LogP contribution in [0.25, 0.3) is 0 Å². The zero-order valence-corrected chi connectivity index (χ0v) is 19.1. The number of hydrogen-bond donors (Lipinski definition) is 2. The lowest BCUT2D eigenvalue weighted by atomic mass is 9.77. The van der Waals surface area contributed by atoms with Crippen LogP contribution in [0.5, 0.6) is 0 Å². The van der Waals surface area contributed by atoms with E-state index in [1.54, 1.807) is 23.1 Å². The summed E-state index contributed by atoms with van der Waals surface area (Å²) >= 11 is 5.85. The van der Waals surface area contributed by atoms with Gasteiger partial charge >= 0.3 is 6.03 Å². The molecule has 2 N–H and O–H groups in total. The largest absolute Gasteiger partial charge is 0.385 e. The average molecular weight is 459 g/mol. The van der Waals surface area contributed by atoms with Crippen LogP contribution in [0.4, 0.5) is 14.9 Å². The second-order valence-corrected chi connectivity index (χ2v) is 8.92. The number of hydrogen-bond acceptors (Lipinski definition) is 4. The van der Waals surface area contributed by atoms with Crippen LogP contribution in [0.3, 0.4) is 0 Å². The van der Waals surface area contributed by atoms with E-state index < -0.39 is 11.4 Å². The number of urea groups is 1. The molecule has 0 heterocycles. The number of anilines is 1. The van der Waals surface area contributed by atoms with Crippen LogP contribution in [0.15, 0.2) is 42.5 Å². The molecule has 1 aliphatic rings. The summed E-state index contributed by atoms with van der Waals surface area (Å²) in [7, 11) is 3.88. The predicted molar refractivity (Wildman–Crippen MR) is 123 cm³/mol. The Morgan fingerprint density at radius 2 is 1.97 bits per heavy atom. The number of halogens is 2. The van der Waals surface area contributed by atoms with E-state index in [0.29, 0.717) is 50.0 Å². The molecule has 0 atom stereocenters. The third-order valence-corrected chi connectivity index (χ3v) is 6.26. The van der Waals surface area contributed by atoms with E-state index in [1.165, 1.54) is 18.2 Å². The third-order valence-electron chi connectivity index (χ3n) is 5.97. The van der Waals surface area contributed by atoms with E-state index >= 15 is 0 Å². The van der Waals surface area contributed by atoms with Crippen molar-refractivity contribution in [2.45, 2.75) is 37.3 Å². The van der Waals surface area contributed by atoms with E-state index in [2.05, 4.69) is 11.4 Å². The van der Waals surface area contributed by atoms with Gasteiger partial charge < -0.3 is 20.2 Å². The molecule has 0 aromatic heterocycles. The highest BCUT2D eigenvalue weighted by molar-refractivity contribution is 6.31. The van der Waals surface area contributed by atoms with Crippen molar-refractivity contribution in [1.82, 2.24) is 9.80 Å². The number of amides is 2. The molecule has 1 aliphatic carbocycles. The fourth-order valence-corrected chi connectivity index (χ4v) is 4.27. The van der Waals surface area contributed by atoms with Gasteiger partial charge in [0, 0.05) is 24.8 Å². The molecule has 1 fully saturated rings. The van der Waals surface area contributed by atoms with Crippen molar-refractivity contribution in [2.75, 3.05) is 32.5 Å². The fraction of sp³-hybridized carbons (Fsp3) is 0.417. The molecule has 3 rings (SSSR count). The quantitative estimate of drug-likeness (QED) is 0.664. The first-order valence-electron chi connectivity index (χ1n) is 10.6. The van der Waals surface area contributed by atoms with Crippen molar-refractivity contribution < 1.29 is 14.3 Å². The number of carbonyl (C=O) groups excluding carboxylic acids is 1. The molecule has 32 heavy (non-hydrogen) atoms. The Labute approximate surface area is 193 Å². The lowest BCUT2D eigenvalue weighted by Crippen LogP contribution is -2.49. The van der Waals surface area contributed by atoms with Gasteiger partial charge in [0.05, 0.1) is 22.3 Å². The van der Waals surface area contributed by atoms with E-state index in [4.69, 9.17) is 16.9 Å². The summed E-state index contributed by atoms with van der Waals surface area (Å²) in [5.41, 5.74) is 0.664. The molecule has 0 unspecified atom stereocenters. The van der Waals surface area contributed by atoms with Gasteiger partial charge in [-0.2, -0.15) is 5.26 Å². The van der Waals surface area contributed by atoms with Crippen LogP contribution in [0, 0.1) is 17.1 Å². The van der Waals surface area contributed by atoms with Crippen LogP contribution >= 0.6 is 11.6 Å². The van der Waals surface area contributed by atoms with Gasteiger partial charge in [-0.25, -0.2) is 9.18 Å². The second kappa shape index (κ2) is 10.3. The van der Waals surface area contributed by atoms with Crippen LogP contribution in [0.1, 0.15) is 36.8 Å². The molecule has 8 heteroatoms. The van der Waals surface area contributed by atoms with Gasteiger partial charge in [0.2, 0.25) is 0 Å². The van der Waals surface area contributed by atoms with Gasteiger partial charge in [0.15, 0.2) is 0 Å². The van der Waals surface area contributed by atoms with Crippen molar-refractivity contribution in [2.24, 2.45) is 0 Å². The van der Waals surface area contributed by atoms with Crippen molar-refractivity contribution in [1.29, 1.82) is 5.26 Å². The monoisotopic (exact) mass is 458 g/mol. The summed E-state index contributed by atoms with van der Waals surface area (Å²) in [6.45, 7) is 1.20. The molecule has 6 nitrogen and oxygen atoms in total. The van der Waals surface area contributed by atoms with Gasteiger partial charge in [-0.3, -0.25) is 0 Å². The predicted octanol–water partition coefficient (Wildman–Crippen LogP) is 4.58. The Morgan fingerprint density at radius 3 is 2.59 bits per heavy atom. The van der Waals surface area contributed by atoms with Gasteiger partial charge in [-0.15, -0.1) is 0 Å². The molecule has 0 aliphatic heterocycles. The van der Waals surface area contributed by atoms with Gasteiger partial charge in [-0.05, 0) is 75.7 Å². The lowest BCUT2D eigenvalue weighted by molar-refractivity contribution is -0.0196. The summed E-state index contributed by atoms with van der Waals surface area (Å²) in [6.07, 6.45) is 2.22. The number of benzene rings is 2. The third kappa shape index (κ3) is 5.77. The summed E-state index contributed by atoms with van der Waals surface area (Å²) in [5.74, 6) is -0.541. The van der Waals surface area contributed by atoms with Gasteiger partial charge in [-0.1, -0.05) is 23.7 Å².